The number of hydrogen-bond acceptors (Lipinski definition) is 4. The molecule has 18 heavy (non-hydrogen) atoms. The van der Waals surface area contributed by atoms with Gasteiger partial charge in [-0.1, -0.05) is 12.1 Å². The summed E-state index contributed by atoms with van der Waals surface area (Å²) in [5, 5.41) is 9.70. The molecular weight excluding hydrogens is 266 g/mol. The number of aliphatic carboxylic acids is 1. The van der Waals surface area contributed by atoms with Gasteiger partial charge < -0.3 is 5.11 Å². The lowest BCUT2D eigenvalue weighted by atomic mass is 10.2. The van der Waals surface area contributed by atoms with Crippen LogP contribution in [0.3, 0.4) is 0 Å². The lowest BCUT2D eigenvalue weighted by Crippen LogP contribution is -1.99. The minimum absolute atomic E-state index is 0.0480. The Morgan fingerprint density at radius 2 is 2.06 bits per heavy atom. The molecule has 0 radical (unpaired) electrons. The van der Waals surface area contributed by atoms with E-state index in [9.17, 15) is 4.79 Å². The van der Waals surface area contributed by atoms with Gasteiger partial charge in [-0.2, -0.15) is 0 Å². The second kappa shape index (κ2) is 5.54. The number of rotatable bonds is 4. The van der Waals surface area contributed by atoms with E-state index in [1.165, 1.54) is 16.2 Å². The predicted molar refractivity (Wildman–Crippen MR) is 75.4 cm³/mol. The third-order valence-corrected chi connectivity index (χ3v) is 4.49. The van der Waals surface area contributed by atoms with Gasteiger partial charge in [-0.3, -0.25) is 4.79 Å². The summed E-state index contributed by atoms with van der Waals surface area (Å²) in [7, 11) is 0. The first-order valence-corrected chi connectivity index (χ1v) is 7.47. The fourth-order valence-corrected chi connectivity index (χ4v) is 3.05. The molecule has 94 valence electrons. The number of aryl methyl sites for hydroxylation is 1. The highest BCUT2D eigenvalue weighted by atomic mass is 32.2. The van der Waals surface area contributed by atoms with Crippen LogP contribution in [0.2, 0.25) is 0 Å². The SMILES string of the molecule is CSc1ccc(-c2nc(C)c(CC(=O)O)s2)cc1. The summed E-state index contributed by atoms with van der Waals surface area (Å²) < 4.78 is 0. The molecule has 0 amide bonds. The molecule has 1 aromatic carbocycles. The topological polar surface area (TPSA) is 50.2 Å². The fraction of sp³-hybridized carbons (Fsp3) is 0.231. The number of benzene rings is 1. The molecule has 2 rings (SSSR count). The molecule has 1 N–H and O–H groups in total. The molecule has 1 heterocycles. The summed E-state index contributed by atoms with van der Waals surface area (Å²) in [6.07, 6.45) is 2.08. The van der Waals surface area contributed by atoms with Crippen LogP contribution in [0.15, 0.2) is 29.2 Å². The lowest BCUT2D eigenvalue weighted by molar-refractivity contribution is -0.136. The van der Waals surface area contributed by atoms with E-state index in [0.717, 1.165) is 21.1 Å². The second-order valence-corrected chi connectivity index (χ2v) is 5.79. The normalized spacial score (nSPS) is 10.6. The van der Waals surface area contributed by atoms with Gasteiger partial charge in [-0.25, -0.2) is 4.98 Å². The van der Waals surface area contributed by atoms with Gasteiger partial charge in [-0.05, 0) is 25.3 Å². The van der Waals surface area contributed by atoms with Crippen LogP contribution in [0.4, 0.5) is 0 Å². The zero-order valence-electron chi connectivity index (χ0n) is 10.1. The first kappa shape index (κ1) is 13.1. The Bertz CT molecular complexity index is 561. The number of nitrogens with zero attached hydrogens (tertiary/aromatic N) is 1. The van der Waals surface area contributed by atoms with Crippen LogP contribution in [-0.2, 0) is 11.2 Å². The Kier molecular flexibility index (Phi) is 4.04. The number of thioether (sulfide) groups is 1. The molecule has 0 fully saturated rings. The van der Waals surface area contributed by atoms with Crippen molar-refractivity contribution in [3.8, 4) is 10.6 Å². The summed E-state index contributed by atoms with van der Waals surface area (Å²) in [4.78, 5) is 17.2. The van der Waals surface area contributed by atoms with E-state index in [1.807, 2.05) is 37.4 Å². The Morgan fingerprint density at radius 3 is 2.61 bits per heavy atom. The van der Waals surface area contributed by atoms with E-state index in [4.69, 9.17) is 5.11 Å². The quantitative estimate of drug-likeness (QED) is 0.871. The minimum atomic E-state index is -0.814. The van der Waals surface area contributed by atoms with E-state index in [-0.39, 0.29) is 6.42 Å². The molecule has 1 aromatic heterocycles. The van der Waals surface area contributed by atoms with Crippen molar-refractivity contribution < 1.29 is 9.90 Å². The average molecular weight is 279 g/mol. The van der Waals surface area contributed by atoms with Crippen molar-refractivity contribution in [1.29, 1.82) is 0 Å². The van der Waals surface area contributed by atoms with Crippen molar-refractivity contribution in [2.45, 2.75) is 18.2 Å². The largest absolute Gasteiger partial charge is 0.481 e. The maximum absolute atomic E-state index is 10.7. The van der Waals surface area contributed by atoms with Crippen molar-refractivity contribution in [3.63, 3.8) is 0 Å². The maximum Gasteiger partial charge on any atom is 0.308 e. The van der Waals surface area contributed by atoms with Crippen LogP contribution in [-0.4, -0.2) is 22.3 Å². The van der Waals surface area contributed by atoms with Gasteiger partial charge in [0.1, 0.15) is 5.01 Å². The van der Waals surface area contributed by atoms with Gasteiger partial charge in [0.15, 0.2) is 0 Å². The molecule has 0 spiro atoms. The van der Waals surface area contributed by atoms with Crippen LogP contribution in [0, 0.1) is 6.92 Å². The molecule has 3 nitrogen and oxygen atoms in total. The van der Waals surface area contributed by atoms with Crippen LogP contribution in [0.5, 0.6) is 0 Å². The van der Waals surface area contributed by atoms with Crippen molar-refractivity contribution in [1.82, 2.24) is 4.98 Å². The zero-order valence-corrected chi connectivity index (χ0v) is 11.8. The molecule has 0 saturated carbocycles. The van der Waals surface area contributed by atoms with E-state index in [2.05, 4.69) is 4.98 Å². The Hall–Kier alpha value is -1.33. The average Bonchev–Trinajstić information content (AvgIpc) is 2.70. The molecule has 0 unspecified atom stereocenters. The highest BCUT2D eigenvalue weighted by Crippen LogP contribution is 2.29. The summed E-state index contributed by atoms with van der Waals surface area (Å²) in [6.45, 7) is 1.86. The summed E-state index contributed by atoms with van der Waals surface area (Å²) in [5.41, 5.74) is 1.85. The van der Waals surface area contributed by atoms with Gasteiger partial charge >= 0.3 is 5.97 Å². The van der Waals surface area contributed by atoms with Crippen molar-refractivity contribution >= 4 is 29.1 Å². The third-order valence-electron chi connectivity index (χ3n) is 2.54. The first-order chi connectivity index (χ1) is 8.60. The van der Waals surface area contributed by atoms with E-state index < -0.39 is 5.97 Å². The minimum Gasteiger partial charge on any atom is -0.481 e. The number of hydrogen-bond donors (Lipinski definition) is 1. The van der Waals surface area contributed by atoms with Gasteiger partial charge in [-0.15, -0.1) is 23.1 Å². The van der Waals surface area contributed by atoms with Crippen LogP contribution in [0.1, 0.15) is 10.6 Å². The van der Waals surface area contributed by atoms with Crippen molar-refractivity contribution in [2.75, 3.05) is 6.26 Å². The van der Waals surface area contributed by atoms with Gasteiger partial charge in [0.05, 0.1) is 12.1 Å². The molecule has 0 saturated heterocycles. The number of carboxylic acids is 1. The molecule has 5 heteroatoms. The number of carbonyl (C=O) groups is 1. The lowest BCUT2D eigenvalue weighted by Gasteiger charge is -1.98. The molecule has 0 bridgehead atoms. The molecule has 0 aliphatic heterocycles. The van der Waals surface area contributed by atoms with Crippen molar-refractivity contribution in [3.05, 3.63) is 34.8 Å². The van der Waals surface area contributed by atoms with Crippen LogP contribution in [0.25, 0.3) is 10.6 Å². The van der Waals surface area contributed by atoms with Crippen molar-refractivity contribution in [2.24, 2.45) is 0 Å². The van der Waals surface area contributed by atoms with Gasteiger partial charge in [0.2, 0.25) is 0 Å². The standard InChI is InChI=1S/C13H13NO2S2/c1-8-11(7-12(15)16)18-13(14-8)9-3-5-10(17-2)6-4-9/h3-6H,7H2,1-2H3,(H,15,16). The monoisotopic (exact) mass is 279 g/mol. The van der Waals surface area contributed by atoms with Gasteiger partial charge in [0, 0.05) is 15.3 Å². The predicted octanol–water partition coefficient (Wildman–Crippen LogP) is 3.47. The van der Waals surface area contributed by atoms with Crippen LogP contribution >= 0.6 is 23.1 Å². The molecule has 0 aliphatic carbocycles. The molecule has 0 aliphatic rings. The Balaban J connectivity index is 2.30. The summed E-state index contributed by atoms with van der Waals surface area (Å²) in [6, 6.07) is 8.14. The van der Waals surface area contributed by atoms with E-state index in [1.54, 1.807) is 11.8 Å². The Labute approximate surface area is 114 Å². The Morgan fingerprint density at radius 1 is 1.39 bits per heavy atom. The molecule has 0 atom stereocenters. The fourth-order valence-electron chi connectivity index (χ4n) is 1.59. The number of aromatic nitrogens is 1. The van der Waals surface area contributed by atoms with E-state index in [0.29, 0.717) is 0 Å². The first-order valence-electron chi connectivity index (χ1n) is 5.42. The van der Waals surface area contributed by atoms with E-state index >= 15 is 0 Å². The van der Waals surface area contributed by atoms with Crippen LogP contribution < -0.4 is 0 Å². The smallest absolute Gasteiger partial charge is 0.308 e. The summed E-state index contributed by atoms with van der Waals surface area (Å²) in [5.74, 6) is -0.814. The number of thiazole rings is 1. The number of carboxylic acid groups (broad SMARTS) is 1. The molecule has 2 aromatic rings. The highest BCUT2D eigenvalue weighted by Gasteiger charge is 2.12. The molecular formula is C13H13NO2S2. The third kappa shape index (κ3) is 2.91. The maximum atomic E-state index is 10.7. The second-order valence-electron chi connectivity index (χ2n) is 3.83. The van der Waals surface area contributed by atoms with Gasteiger partial charge in [0.25, 0.3) is 0 Å². The highest BCUT2D eigenvalue weighted by molar-refractivity contribution is 7.98. The zero-order chi connectivity index (χ0) is 13.1. The summed E-state index contributed by atoms with van der Waals surface area (Å²) >= 11 is 3.15.